The van der Waals surface area contributed by atoms with Crippen LogP contribution in [0.2, 0.25) is 0 Å². The number of hydrogen-bond acceptors (Lipinski definition) is 5. The van der Waals surface area contributed by atoms with Crippen molar-refractivity contribution in [3.63, 3.8) is 0 Å². The molecule has 0 amide bonds. The number of carboxylic acid groups (broad SMARTS) is 2. The fraction of sp³-hybridized carbons (Fsp3) is 0.893. The molecule has 10 atom stereocenters. The van der Waals surface area contributed by atoms with Gasteiger partial charge in [0.05, 0.1) is 6.42 Å². The quantitative estimate of drug-likeness (QED) is 0.414. The van der Waals surface area contributed by atoms with E-state index >= 15 is 0 Å². The molecule has 0 spiro atoms. The summed E-state index contributed by atoms with van der Waals surface area (Å²) in [6, 6.07) is -1.10. The van der Waals surface area contributed by atoms with E-state index in [4.69, 9.17) is 20.7 Å². The number of carbonyl (C=O) groups excluding carboxylic acids is 1. The summed E-state index contributed by atoms with van der Waals surface area (Å²) in [6.07, 6.45) is 10.7. The number of carbonyl (C=O) groups is 3. The number of esters is 1. The number of aliphatic carboxylic acids is 2. The summed E-state index contributed by atoms with van der Waals surface area (Å²) < 4.78 is 5.68. The smallest absolute Gasteiger partial charge is 0.323 e. The van der Waals surface area contributed by atoms with Gasteiger partial charge in [0.15, 0.2) is 0 Å². The fourth-order valence-electron chi connectivity index (χ4n) is 9.38. The lowest BCUT2D eigenvalue weighted by Gasteiger charge is -2.61. The first-order valence-electron chi connectivity index (χ1n) is 13.9. The molecule has 4 saturated carbocycles. The zero-order valence-corrected chi connectivity index (χ0v) is 21.7. The van der Waals surface area contributed by atoms with Crippen molar-refractivity contribution in [2.75, 3.05) is 0 Å². The van der Waals surface area contributed by atoms with Crippen LogP contribution in [0.1, 0.15) is 97.8 Å². The molecular formula is C28H45NO6. The van der Waals surface area contributed by atoms with Crippen molar-refractivity contribution in [1.29, 1.82) is 0 Å². The highest BCUT2D eigenvalue weighted by Crippen LogP contribution is 2.68. The predicted octanol–water partition coefficient (Wildman–Crippen LogP) is 4.86. The lowest BCUT2D eigenvalue weighted by Crippen LogP contribution is -2.54. The van der Waals surface area contributed by atoms with Gasteiger partial charge < -0.3 is 20.7 Å². The lowest BCUT2D eigenvalue weighted by atomic mass is 9.44. The molecule has 7 nitrogen and oxygen atoms in total. The van der Waals surface area contributed by atoms with Gasteiger partial charge in [-0.25, -0.2) is 0 Å². The Balaban J connectivity index is 1.40. The Morgan fingerprint density at radius 2 is 1.63 bits per heavy atom. The van der Waals surface area contributed by atoms with Gasteiger partial charge in [0.2, 0.25) is 0 Å². The molecule has 0 aromatic rings. The van der Waals surface area contributed by atoms with Gasteiger partial charge in [-0.05, 0) is 111 Å². The predicted molar refractivity (Wildman–Crippen MR) is 131 cm³/mol. The summed E-state index contributed by atoms with van der Waals surface area (Å²) in [6.45, 7) is 7.26. The van der Waals surface area contributed by atoms with Crippen LogP contribution in [0, 0.1) is 46.3 Å². The van der Waals surface area contributed by atoms with Crippen LogP contribution in [-0.4, -0.2) is 40.3 Å². The van der Waals surface area contributed by atoms with Crippen LogP contribution >= 0.6 is 0 Å². The first-order chi connectivity index (χ1) is 16.5. The maximum Gasteiger partial charge on any atom is 0.323 e. The molecule has 4 fully saturated rings. The Morgan fingerprint density at radius 3 is 2.31 bits per heavy atom. The third-order valence-corrected chi connectivity index (χ3v) is 11.2. The normalized spacial score (nSPS) is 42.2. The number of rotatable bonds is 8. The highest BCUT2D eigenvalue weighted by atomic mass is 16.5. The van der Waals surface area contributed by atoms with Gasteiger partial charge in [-0.1, -0.05) is 20.8 Å². The van der Waals surface area contributed by atoms with Gasteiger partial charge in [-0.3, -0.25) is 14.4 Å². The highest BCUT2D eigenvalue weighted by molar-refractivity contribution is 5.81. The maximum absolute atomic E-state index is 12.3. The maximum atomic E-state index is 12.3. The molecule has 0 radical (unpaired) electrons. The van der Waals surface area contributed by atoms with Crippen molar-refractivity contribution in [2.24, 2.45) is 52.1 Å². The molecule has 4 aliphatic rings. The Morgan fingerprint density at radius 1 is 0.943 bits per heavy atom. The van der Waals surface area contributed by atoms with Crippen molar-refractivity contribution in [3.05, 3.63) is 0 Å². The molecule has 0 aromatic heterocycles. The van der Waals surface area contributed by atoms with Crippen LogP contribution in [0.3, 0.4) is 0 Å². The zero-order valence-electron chi connectivity index (χ0n) is 21.7. The van der Waals surface area contributed by atoms with E-state index in [-0.39, 0.29) is 17.9 Å². The van der Waals surface area contributed by atoms with E-state index < -0.39 is 30.4 Å². The van der Waals surface area contributed by atoms with Gasteiger partial charge in [0.1, 0.15) is 12.1 Å². The van der Waals surface area contributed by atoms with Crippen LogP contribution < -0.4 is 5.73 Å². The van der Waals surface area contributed by atoms with Gasteiger partial charge in [0, 0.05) is 6.42 Å². The number of carboxylic acids is 2. The number of hydrogen-bond donors (Lipinski definition) is 3. The van der Waals surface area contributed by atoms with E-state index in [1.807, 2.05) is 0 Å². The zero-order chi connectivity index (χ0) is 25.5. The molecule has 7 heteroatoms. The fourth-order valence-corrected chi connectivity index (χ4v) is 9.38. The van der Waals surface area contributed by atoms with E-state index in [9.17, 15) is 14.4 Å². The molecule has 3 unspecified atom stereocenters. The van der Waals surface area contributed by atoms with E-state index in [0.29, 0.717) is 29.1 Å². The first kappa shape index (κ1) is 26.4. The standard InChI is InChI=1S/C28H45NO6/c1-16(4-9-24(30)31)20-7-8-21-19-6-5-17-14-18(35-26(34)23(29)15-25(32)33)10-12-27(17,2)22(19)11-13-28(20,21)3/h16-23H,4-15,29H2,1-3H3,(H,30,31)(H,32,33)/t16?,17-,18-,19?,20?,21+,22-,23-,27+,28-/m1/s1. The van der Waals surface area contributed by atoms with Crippen molar-refractivity contribution in [2.45, 2.75) is 110 Å². The van der Waals surface area contributed by atoms with E-state index in [0.717, 1.165) is 37.5 Å². The number of nitrogens with two attached hydrogens (primary N) is 1. The summed E-state index contributed by atoms with van der Waals surface area (Å²) in [7, 11) is 0. The van der Waals surface area contributed by atoms with Gasteiger partial charge in [0.25, 0.3) is 0 Å². The summed E-state index contributed by atoms with van der Waals surface area (Å²) in [4.78, 5) is 34.3. The average molecular weight is 492 g/mol. The Hall–Kier alpha value is -1.63. The van der Waals surface area contributed by atoms with Crippen LogP contribution in [-0.2, 0) is 19.1 Å². The van der Waals surface area contributed by atoms with Gasteiger partial charge >= 0.3 is 17.9 Å². The molecular weight excluding hydrogens is 446 g/mol. The molecule has 198 valence electrons. The largest absolute Gasteiger partial charge is 0.481 e. The SMILES string of the molecule is CC(CCC(=O)O)C1CC[C@H]2C3CC[C@@H]4C[C@H](OC(=O)[C@H](N)CC(=O)O)CC[C@]4(C)[C@@H]3CC[C@]12C. The minimum Gasteiger partial charge on any atom is -0.481 e. The molecule has 4 aliphatic carbocycles. The Labute approximate surface area is 209 Å². The topological polar surface area (TPSA) is 127 Å². The van der Waals surface area contributed by atoms with Crippen LogP contribution in [0.4, 0.5) is 0 Å². The Bertz CT molecular complexity index is 830. The third kappa shape index (κ3) is 4.99. The average Bonchev–Trinajstić information content (AvgIpc) is 3.14. The van der Waals surface area contributed by atoms with Gasteiger partial charge in [-0.15, -0.1) is 0 Å². The van der Waals surface area contributed by atoms with Gasteiger partial charge in [-0.2, -0.15) is 0 Å². The first-order valence-corrected chi connectivity index (χ1v) is 13.9. The van der Waals surface area contributed by atoms with Crippen LogP contribution in [0.25, 0.3) is 0 Å². The van der Waals surface area contributed by atoms with E-state index in [1.54, 1.807) is 0 Å². The second kappa shape index (κ2) is 10.0. The molecule has 0 heterocycles. The number of fused-ring (bicyclic) bond motifs is 5. The molecule has 0 aromatic carbocycles. The van der Waals surface area contributed by atoms with Crippen molar-refractivity contribution in [1.82, 2.24) is 0 Å². The summed E-state index contributed by atoms with van der Waals surface area (Å²) >= 11 is 0. The molecule has 35 heavy (non-hydrogen) atoms. The van der Waals surface area contributed by atoms with Crippen molar-refractivity contribution < 1.29 is 29.3 Å². The number of ether oxygens (including phenoxy) is 1. The minimum absolute atomic E-state index is 0.156. The van der Waals surface area contributed by atoms with Crippen LogP contribution in [0.15, 0.2) is 0 Å². The summed E-state index contributed by atoms with van der Waals surface area (Å²) in [5.74, 6) is 1.45. The second-order valence-corrected chi connectivity index (χ2v) is 12.8. The Kier molecular flexibility index (Phi) is 7.57. The second-order valence-electron chi connectivity index (χ2n) is 12.8. The molecule has 0 aliphatic heterocycles. The highest BCUT2D eigenvalue weighted by Gasteiger charge is 2.60. The lowest BCUT2D eigenvalue weighted by molar-refractivity contribution is -0.165. The molecule has 4 N–H and O–H groups in total. The molecule has 0 saturated heterocycles. The van der Waals surface area contributed by atoms with Crippen molar-refractivity contribution >= 4 is 17.9 Å². The molecule has 4 rings (SSSR count). The van der Waals surface area contributed by atoms with Crippen LogP contribution in [0.5, 0.6) is 0 Å². The monoisotopic (exact) mass is 491 g/mol. The van der Waals surface area contributed by atoms with E-state index in [2.05, 4.69) is 20.8 Å². The third-order valence-electron chi connectivity index (χ3n) is 11.2. The van der Waals surface area contributed by atoms with Crippen molar-refractivity contribution in [3.8, 4) is 0 Å². The minimum atomic E-state index is -1.10. The summed E-state index contributed by atoms with van der Waals surface area (Å²) in [5.41, 5.74) is 6.32. The summed E-state index contributed by atoms with van der Waals surface area (Å²) in [5, 5.41) is 18.1. The van der Waals surface area contributed by atoms with E-state index in [1.165, 1.54) is 38.5 Å². The molecule has 0 bridgehead atoms.